The molecule has 29 heavy (non-hydrogen) atoms. The summed E-state index contributed by atoms with van der Waals surface area (Å²) in [7, 11) is 1.62. The molecule has 1 N–H and O–H groups in total. The highest BCUT2D eigenvalue weighted by Gasteiger charge is 2.17. The molecule has 0 aliphatic rings. The first-order chi connectivity index (χ1) is 14.0. The average Bonchev–Trinajstić information content (AvgIpc) is 3.12. The quantitative estimate of drug-likeness (QED) is 0.603. The predicted molar refractivity (Wildman–Crippen MR) is 109 cm³/mol. The highest BCUT2D eigenvalue weighted by atomic mass is 16.5. The van der Waals surface area contributed by atoms with Gasteiger partial charge >= 0.3 is 5.69 Å². The van der Waals surface area contributed by atoms with Crippen molar-refractivity contribution >= 4 is 17.1 Å². The van der Waals surface area contributed by atoms with Crippen molar-refractivity contribution in [2.24, 2.45) is 0 Å². The molecule has 0 aliphatic carbocycles. The molecule has 2 aromatic heterocycles. The van der Waals surface area contributed by atoms with Gasteiger partial charge in [0.1, 0.15) is 12.3 Å². The molecule has 0 saturated heterocycles. The van der Waals surface area contributed by atoms with Crippen molar-refractivity contribution < 1.29 is 9.53 Å². The van der Waals surface area contributed by atoms with E-state index in [1.54, 1.807) is 14.0 Å². The summed E-state index contributed by atoms with van der Waals surface area (Å²) in [5.41, 5.74) is 0.830. The number of nitrogens with one attached hydrogen (secondary N) is 1. The summed E-state index contributed by atoms with van der Waals surface area (Å²) < 4.78 is 9.23. The number of aromatic nitrogens is 4. The first kappa shape index (κ1) is 20.4. The molecule has 1 amide bonds. The van der Waals surface area contributed by atoms with Crippen molar-refractivity contribution in [1.29, 1.82) is 0 Å². The van der Waals surface area contributed by atoms with Crippen LogP contribution in [0.4, 0.5) is 0 Å². The van der Waals surface area contributed by atoms with E-state index in [4.69, 9.17) is 4.74 Å². The Kier molecular flexibility index (Phi) is 6.16. The first-order valence-corrected chi connectivity index (χ1v) is 9.58. The standard InChI is InChI=1S/C20H25N5O4/c1-4-24-18-17(19(27)25(5-2)20(24)28)23(13-22-18)12-16(26)21-11-10-14-6-8-15(29-3)9-7-14/h6-9,13H,4-5,10-12H2,1-3H3,(H,21,26). The molecule has 3 aromatic rings. The van der Waals surface area contributed by atoms with Crippen molar-refractivity contribution in [3.05, 3.63) is 57.0 Å². The SMILES string of the molecule is CCn1c(=O)c2c(ncn2CC(=O)NCCc2ccc(OC)cc2)n(CC)c1=O. The van der Waals surface area contributed by atoms with Crippen molar-refractivity contribution in [3.8, 4) is 5.75 Å². The van der Waals surface area contributed by atoms with Gasteiger partial charge in [-0.2, -0.15) is 0 Å². The molecule has 3 rings (SSSR count). The van der Waals surface area contributed by atoms with Gasteiger partial charge < -0.3 is 14.6 Å². The Morgan fingerprint density at radius 2 is 1.79 bits per heavy atom. The number of fused-ring (bicyclic) bond motifs is 1. The van der Waals surface area contributed by atoms with E-state index in [-0.39, 0.29) is 30.2 Å². The maximum absolute atomic E-state index is 12.7. The number of hydrogen-bond acceptors (Lipinski definition) is 5. The predicted octanol–water partition coefficient (Wildman–Crippen LogP) is 0.767. The molecule has 1 aromatic carbocycles. The maximum Gasteiger partial charge on any atom is 0.332 e. The van der Waals surface area contributed by atoms with Gasteiger partial charge in [0, 0.05) is 19.6 Å². The molecule has 2 heterocycles. The summed E-state index contributed by atoms with van der Waals surface area (Å²) in [6.45, 7) is 4.63. The fraction of sp³-hybridized carbons (Fsp3) is 0.400. The molecule has 0 aliphatic heterocycles. The third-order valence-corrected chi connectivity index (χ3v) is 4.82. The molecule has 0 spiro atoms. The summed E-state index contributed by atoms with van der Waals surface area (Å²) >= 11 is 0. The second-order valence-corrected chi connectivity index (χ2v) is 6.57. The number of rotatable bonds is 8. The van der Waals surface area contributed by atoms with Gasteiger partial charge in [0.15, 0.2) is 11.2 Å². The van der Waals surface area contributed by atoms with Crippen molar-refractivity contribution in [2.75, 3.05) is 13.7 Å². The van der Waals surface area contributed by atoms with E-state index in [2.05, 4.69) is 10.3 Å². The number of imidazole rings is 1. The Morgan fingerprint density at radius 1 is 1.10 bits per heavy atom. The second kappa shape index (κ2) is 8.76. The van der Waals surface area contributed by atoms with Crippen molar-refractivity contribution in [1.82, 2.24) is 24.0 Å². The zero-order valence-corrected chi connectivity index (χ0v) is 16.8. The van der Waals surface area contributed by atoms with Gasteiger partial charge in [0.25, 0.3) is 5.56 Å². The molecule has 0 radical (unpaired) electrons. The molecule has 0 fully saturated rings. The van der Waals surface area contributed by atoms with Crippen molar-refractivity contribution in [2.45, 2.75) is 39.9 Å². The zero-order chi connectivity index (χ0) is 21.0. The third kappa shape index (κ3) is 4.08. The van der Waals surface area contributed by atoms with E-state index in [1.165, 1.54) is 15.5 Å². The highest BCUT2D eigenvalue weighted by Crippen LogP contribution is 2.11. The van der Waals surface area contributed by atoms with Crippen LogP contribution in [0.3, 0.4) is 0 Å². The summed E-state index contributed by atoms with van der Waals surface area (Å²) in [4.78, 5) is 41.7. The Labute approximate surface area is 167 Å². The molecular formula is C20H25N5O4. The fourth-order valence-corrected chi connectivity index (χ4v) is 3.27. The first-order valence-electron chi connectivity index (χ1n) is 9.58. The van der Waals surface area contributed by atoms with Crippen LogP contribution >= 0.6 is 0 Å². The van der Waals surface area contributed by atoms with E-state index in [9.17, 15) is 14.4 Å². The van der Waals surface area contributed by atoms with Gasteiger partial charge in [-0.15, -0.1) is 0 Å². The lowest BCUT2D eigenvalue weighted by Crippen LogP contribution is -2.40. The molecule has 0 atom stereocenters. The van der Waals surface area contributed by atoms with Crippen LogP contribution in [-0.2, 0) is 30.8 Å². The Bertz CT molecular complexity index is 1120. The molecule has 0 unspecified atom stereocenters. The molecule has 9 heteroatoms. The van der Waals surface area contributed by atoms with Gasteiger partial charge in [0.05, 0.1) is 13.4 Å². The lowest BCUT2D eigenvalue weighted by molar-refractivity contribution is -0.121. The monoisotopic (exact) mass is 399 g/mol. The van der Waals surface area contributed by atoms with Gasteiger partial charge in [0.2, 0.25) is 5.91 Å². The third-order valence-electron chi connectivity index (χ3n) is 4.82. The number of nitrogens with zero attached hydrogens (tertiary/aromatic N) is 4. The van der Waals surface area contributed by atoms with Crippen LogP contribution < -0.4 is 21.3 Å². The Balaban J connectivity index is 1.73. The van der Waals surface area contributed by atoms with Gasteiger partial charge in [-0.05, 0) is 38.0 Å². The lowest BCUT2D eigenvalue weighted by Gasteiger charge is -2.10. The minimum atomic E-state index is -0.430. The number of aryl methyl sites for hydroxylation is 1. The van der Waals surface area contributed by atoms with E-state index < -0.39 is 5.56 Å². The molecule has 0 bridgehead atoms. The van der Waals surface area contributed by atoms with Crippen LogP contribution in [-0.4, -0.2) is 38.2 Å². The van der Waals surface area contributed by atoms with E-state index in [0.717, 1.165) is 15.9 Å². The molecular weight excluding hydrogens is 374 g/mol. The lowest BCUT2D eigenvalue weighted by atomic mass is 10.1. The van der Waals surface area contributed by atoms with Crippen LogP contribution in [0, 0.1) is 0 Å². The van der Waals surface area contributed by atoms with Gasteiger partial charge in [-0.25, -0.2) is 9.78 Å². The summed E-state index contributed by atoms with van der Waals surface area (Å²) in [5, 5.41) is 2.85. The number of carbonyl (C=O) groups is 1. The minimum Gasteiger partial charge on any atom is -0.497 e. The van der Waals surface area contributed by atoms with Crippen LogP contribution in [0.25, 0.3) is 11.2 Å². The smallest absolute Gasteiger partial charge is 0.332 e. The summed E-state index contributed by atoms with van der Waals surface area (Å²) in [5.74, 6) is 0.558. The van der Waals surface area contributed by atoms with E-state index in [0.29, 0.717) is 25.2 Å². The zero-order valence-electron chi connectivity index (χ0n) is 16.8. The maximum atomic E-state index is 12.7. The minimum absolute atomic E-state index is 0.0417. The summed E-state index contributed by atoms with van der Waals surface area (Å²) in [6.07, 6.45) is 2.11. The van der Waals surface area contributed by atoms with Crippen LogP contribution in [0.5, 0.6) is 5.75 Å². The summed E-state index contributed by atoms with van der Waals surface area (Å²) in [6, 6.07) is 7.65. The van der Waals surface area contributed by atoms with Crippen LogP contribution in [0.15, 0.2) is 40.2 Å². The van der Waals surface area contributed by atoms with Crippen molar-refractivity contribution in [3.63, 3.8) is 0 Å². The van der Waals surface area contributed by atoms with Gasteiger partial charge in [-0.3, -0.25) is 18.7 Å². The number of ether oxygens (including phenoxy) is 1. The topological polar surface area (TPSA) is 100 Å². The fourth-order valence-electron chi connectivity index (χ4n) is 3.27. The number of amides is 1. The second-order valence-electron chi connectivity index (χ2n) is 6.57. The molecule has 9 nitrogen and oxygen atoms in total. The normalized spacial score (nSPS) is 11.0. The number of benzene rings is 1. The van der Waals surface area contributed by atoms with Crippen LogP contribution in [0.1, 0.15) is 19.4 Å². The Hall–Kier alpha value is -3.36. The Morgan fingerprint density at radius 3 is 2.41 bits per heavy atom. The van der Waals surface area contributed by atoms with E-state index in [1.807, 2.05) is 31.2 Å². The van der Waals surface area contributed by atoms with Crippen LogP contribution in [0.2, 0.25) is 0 Å². The largest absolute Gasteiger partial charge is 0.497 e. The van der Waals surface area contributed by atoms with Gasteiger partial charge in [-0.1, -0.05) is 12.1 Å². The van der Waals surface area contributed by atoms with E-state index >= 15 is 0 Å². The molecule has 0 saturated carbocycles. The highest BCUT2D eigenvalue weighted by molar-refractivity contribution is 5.78. The average molecular weight is 399 g/mol. The molecule has 154 valence electrons. The number of methoxy groups -OCH3 is 1. The number of carbonyl (C=O) groups excluding carboxylic acids is 1. The number of hydrogen-bond donors (Lipinski definition) is 1.